The smallest absolute Gasteiger partial charge is 0.235 e. The Bertz CT molecular complexity index is 690. The van der Waals surface area contributed by atoms with Crippen LogP contribution in [0.15, 0.2) is 28.7 Å². The molecule has 2 heterocycles. The van der Waals surface area contributed by atoms with Gasteiger partial charge in [-0.2, -0.15) is 0 Å². The number of carbonyl (C=O) groups excluding carboxylic acids is 2. The topological polar surface area (TPSA) is 51.1 Å². The average molecular weight is 321 g/mol. The lowest BCUT2D eigenvalue weighted by Crippen LogP contribution is -2.40. The summed E-state index contributed by atoms with van der Waals surface area (Å²) in [5, 5.41) is 3.50. The van der Waals surface area contributed by atoms with E-state index < -0.39 is 0 Å². The summed E-state index contributed by atoms with van der Waals surface area (Å²) < 4.78 is 3.04. The Morgan fingerprint density at radius 2 is 2.16 bits per heavy atom. The van der Waals surface area contributed by atoms with Crippen molar-refractivity contribution in [3.63, 3.8) is 0 Å². The quantitative estimate of drug-likeness (QED) is 0.821. The summed E-state index contributed by atoms with van der Waals surface area (Å²) in [6, 6.07) is 8.01. The first-order chi connectivity index (χ1) is 9.08. The summed E-state index contributed by atoms with van der Waals surface area (Å²) in [7, 11) is 1.95. The monoisotopic (exact) mass is 320 g/mol. The largest absolute Gasteiger partial charge is 0.347 e. The van der Waals surface area contributed by atoms with Crippen molar-refractivity contribution in [2.75, 3.05) is 0 Å². The van der Waals surface area contributed by atoms with E-state index in [1.165, 1.54) is 0 Å². The van der Waals surface area contributed by atoms with Gasteiger partial charge in [-0.05, 0) is 24.6 Å². The van der Waals surface area contributed by atoms with Gasteiger partial charge in [0.25, 0.3) is 0 Å². The second-order valence-corrected chi connectivity index (χ2v) is 5.66. The van der Waals surface area contributed by atoms with Crippen molar-refractivity contribution in [3.05, 3.63) is 34.4 Å². The first kappa shape index (κ1) is 12.4. The molecular formula is C14H13BrN2O2. The number of hydrogen-bond acceptors (Lipinski definition) is 2. The van der Waals surface area contributed by atoms with Gasteiger partial charge in [-0.3, -0.25) is 14.9 Å². The lowest BCUT2D eigenvalue weighted by atomic mass is 9.94. The third-order valence-electron chi connectivity index (χ3n) is 3.67. The molecule has 0 bridgehead atoms. The Morgan fingerprint density at radius 3 is 2.84 bits per heavy atom. The normalized spacial score (nSPS) is 19.8. The molecule has 3 rings (SSSR count). The summed E-state index contributed by atoms with van der Waals surface area (Å²) in [5.74, 6) is -0.624. The second kappa shape index (κ2) is 4.49. The van der Waals surface area contributed by atoms with Crippen LogP contribution in [0.3, 0.4) is 0 Å². The van der Waals surface area contributed by atoms with Crippen LogP contribution in [0.25, 0.3) is 10.9 Å². The van der Waals surface area contributed by atoms with E-state index in [0.29, 0.717) is 12.8 Å². The van der Waals surface area contributed by atoms with Gasteiger partial charge in [-0.15, -0.1) is 0 Å². The van der Waals surface area contributed by atoms with Gasteiger partial charge in [0.15, 0.2) is 0 Å². The number of piperidine rings is 1. The van der Waals surface area contributed by atoms with Crippen LogP contribution in [0.5, 0.6) is 0 Å². The van der Waals surface area contributed by atoms with Gasteiger partial charge in [0.05, 0.1) is 5.92 Å². The van der Waals surface area contributed by atoms with Crippen LogP contribution < -0.4 is 5.32 Å². The Kier molecular flexibility index (Phi) is 2.93. The van der Waals surface area contributed by atoms with Gasteiger partial charge in [-0.25, -0.2) is 0 Å². The molecule has 98 valence electrons. The predicted octanol–water partition coefficient (Wildman–Crippen LogP) is 2.46. The maximum Gasteiger partial charge on any atom is 0.235 e. The lowest BCUT2D eigenvalue weighted by molar-refractivity contribution is -0.134. The summed E-state index contributed by atoms with van der Waals surface area (Å²) in [6.45, 7) is 0. The van der Waals surface area contributed by atoms with E-state index >= 15 is 0 Å². The molecule has 1 aromatic carbocycles. The molecule has 0 aliphatic carbocycles. The van der Waals surface area contributed by atoms with Crippen molar-refractivity contribution in [2.45, 2.75) is 18.8 Å². The van der Waals surface area contributed by atoms with Crippen molar-refractivity contribution >= 4 is 38.6 Å². The number of nitrogens with one attached hydrogen (secondary N) is 1. The molecule has 2 aromatic rings. The van der Waals surface area contributed by atoms with Crippen molar-refractivity contribution in [3.8, 4) is 0 Å². The molecular weight excluding hydrogens is 308 g/mol. The molecule has 1 aliphatic heterocycles. The number of rotatable bonds is 1. The van der Waals surface area contributed by atoms with Gasteiger partial charge in [-0.1, -0.05) is 22.0 Å². The van der Waals surface area contributed by atoms with Gasteiger partial charge in [0, 0.05) is 34.5 Å². The van der Waals surface area contributed by atoms with E-state index in [0.717, 1.165) is 21.1 Å². The minimum absolute atomic E-state index is 0.179. The molecule has 19 heavy (non-hydrogen) atoms. The SMILES string of the molecule is Cn1c(C2CCC(=O)NC2=O)cc2c(Br)cccc21. The van der Waals surface area contributed by atoms with Crippen LogP contribution in [-0.2, 0) is 16.6 Å². The van der Waals surface area contributed by atoms with Crippen LogP contribution in [-0.4, -0.2) is 16.4 Å². The number of imide groups is 1. The molecule has 1 aliphatic rings. The summed E-state index contributed by atoms with van der Waals surface area (Å²) in [5.41, 5.74) is 2.03. The molecule has 4 nitrogen and oxygen atoms in total. The fourth-order valence-corrected chi connectivity index (χ4v) is 3.13. The van der Waals surface area contributed by atoms with Gasteiger partial charge < -0.3 is 4.57 Å². The Hall–Kier alpha value is -1.62. The van der Waals surface area contributed by atoms with E-state index in [2.05, 4.69) is 21.2 Å². The highest BCUT2D eigenvalue weighted by Crippen LogP contribution is 2.32. The number of carbonyl (C=O) groups is 2. The molecule has 1 N–H and O–H groups in total. The second-order valence-electron chi connectivity index (χ2n) is 4.80. The highest BCUT2D eigenvalue weighted by molar-refractivity contribution is 9.10. The molecule has 1 aromatic heterocycles. The van der Waals surface area contributed by atoms with Gasteiger partial charge in [0.2, 0.25) is 11.8 Å². The third-order valence-corrected chi connectivity index (χ3v) is 4.36. The van der Waals surface area contributed by atoms with E-state index in [-0.39, 0.29) is 17.7 Å². The van der Waals surface area contributed by atoms with Crippen LogP contribution in [0.4, 0.5) is 0 Å². The predicted molar refractivity (Wildman–Crippen MR) is 75.7 cm³/mol. The Labute approximate surface area is 118 Å². The molecule has 1 unspecified atom stereocenters. The lowest BCUT2D eigenvalue weighted by Gasteiger charge is -2.21. The minimum Gasteiger partial charge on any atom is -0.347 e. The van der Waals surface area contributed by atoms with E-state index in [4.69, 9.17) is 0 Å². The van der Waals surface area contributed by atoms with E-state index in [1.807, 2.05) is 35.9 Å². The van der Waals surface area contributed by atoms with Gasteiger partial charge in [0.1, 0.15) is 0 Å². The van der Waals surface area contributed by atoms with E-state index in [1.54, 1.807) is 0 Å². The molecule has 0 saturated carbocycles. The zero-order valence-corrected chi connectivity index (χ0v) is 12.0. The summed E-state index contributed by atoms with van der Waals surface area (Å²) in [6.07, 6.45) is 0.978. The van der Waals surface area contributed by atoms with Crippen molar-refractivity contribution in [1.82, 2.24) is 9.88 Å². The summed E-state index contributed by atoms with van der Waals surface area (Å²) in [4.78, 5) is 23.2. The average Bonchev–Trinajstić information content (AvgIpc) is 2.69. The molecule has 0 spiro atoms. The fourth-order valence-electron chi connectivity index (χ4n) is 2.65. The Morgan fingerprint density at radius 1 is 1.37 bits per heavy atom. The molecule has 1 fully saturated rings. The highest BCUT2D eigenvalue weighted by atomic mass is 79.9. The number of halogens is 1. The number of amides is 2. The summed E-state index contributed by atoms with van der Waals surface area (Å²) >= 11 is 3.53. The van der Waals surface area contributed by atoms with Crippen LogP contribution >= 0.6 is 15.9 Å². The number of nitrogens with zero attached hydrogens (tertiary/aromatic N) is 1. The molecule has 1 atom stereocenters. The van der Waals surface area contributed by atoms with Crippen LogP contribution in [0.2, 0.25) is 0 Å². The standard InChI is InChI=1S/C14H13BrN2O2/c1-17-11-4-2-3-10(15)9(11)7-12(17)8-5-6-13(18)16-14(8)19/h2-4,7-8H,5-6H2,1H3,(H,16,18,19). The maximum absolute atomic E-state index is 12.0. The fraction of sp³-hybridized carbons (Fsp3) is 0.286. The van der Waals surface area contributed by atoms with E-state index in [9.17, 15) is 9.59 Å². The molecule has 2 amide bonds. The Balaban J connectivity index is 2.11. The maximum atomic E-state index is 12.0. The number of benzene rings is 1. The first-order valence-electron chi connectivity index (χ1n) is 6.15. The first-order valence-corrected chi connectivity index (χ1v) is 6.95. The molecule has 0 radical (unpaired) electrons. The molecule has 1 saturated heterocycles. The third kappa shape index (κ3) is 1.98. The minimum atomic E-state index is -0.248. The van der Waals surface area contributed by atoms with Crippen molar-refractivity contribution in [1.29, 1.82) is 0 Å². The zero-order chi connectivity index (χ0) is 13.6. The van der Waals surface area contributed by atoms with Crippen LogP contribution in [0.1, 0.15) is 24.5 Å². The van der Waals surface area contributed by atoms with Crippen LogP contribution in [0, 0.1) is 0 Å². The number of aryl methyl sites for hydroxylation is 1. The molecule has 5 heteroatoms. The number of fused-ring (bicyclic) bond motifs is 1. The zero-order valence-electron chi connectivity index (χ0n) is 10.4. The number of aromatic nitrogens is 1. The number of hydrogen-bond donors (Lipinski definition) is 1. The van der Waals surface area contributed by atoms with Crippen molar-refractivity contribution < 1.29 is 9.59 Å². The van der Waals surface area contributed by atoms with Gasteiger partial charge >= 0.3 is 0 Å². The highest BCUT2D eigenvalue weighted by Gasteiger charge is 2.30. The van der Waals surface area contributed by atoms with Crippen molar-refractivity contribution in [2.24, 2.45) is 7.05 Å².